The van der Waals surface area contributed by atoms with E-state index in [4.69, 9.17) is 39.5 Å². The molecule has 0 radical (unpaired) electrons. The summed E-state index contributed by atoms with van der Waals surface area (Å²) in [5.41, 5.74) is 1.63. The smallest absolute Gasteiger partial charge is 0.138 e. The third-order valence-corrected chi connectivity index (χ3v) is 5.42. The number of carbonyl (C=O) groups is 1. The van der Waals surface area contributed by atoms with Gasteiger partial charge in [0.1, 0.15) is 11.5 Å². The number of methoxy groups -OCH3 is 1. The van der Waals surface area contributed by atoms with Crippen LogP contribution in [-0.4, -0.2) is 12.9 Å². The lowest BCUT2D eigenvalue weighted by Crippen LogP contribution is -2.23. The zero-order chi connectivity index (χ0) is 19.5. The summed E-state index contributed by atoms with van der Waals surface area (Å²) >= 11 is 18.5. The van der Waals surface area contributed by atoms with E-state index in [0.717, 1.165) is 11.1 Å². The molecule has 0 aliphatic carbocycles. The molecule has 0 aromatic heterocycles. The van der Waals surface area contributed by atoms with Gasteiger partial charge < -0.3 is 4.74 Å². The number of carbonyl (C=O) groups excluding carboxylic acids is 1. The zero-order valence-electron chi connectivity index (χ0n) is 15.4. The minimum atomic E-state index is -0.397. The SMILES string of the molecule is COc1ccc(CC(CC(=O)C(C)(C)C)c2ccc(Cl)c(Cl)c2)cc1Cl. The van der Waals surface area contributed by atoms with Crippen LogP contribution in [0.1, 0.15) is 44.2 Å². The largest absolute Gasteiger partial charge is 0.495 e. The molecule has 0 heterocycles. The topological polar surface area (TPSA) is 26.3 Å². The van der Waals surface area contributed by atoms with Crippen LogP contribution in [0.4, 0.5) is 0 Å². The third kappa shape index (κ3) is 5.39. The molecule has 0 saturated heterocycles. The van der Waals surface area contributed by atoms with Crippen molar-refractivity contribution in [2.24, 2.45) is 5.41 Å². The van der Waals surface area contributed by atoms with Crippen LogP contribution in [0, 0.1) is 5.41 Å². The van der Waals surface area contributed by atoms with E-state index in [9.17, 15) is 4.79 Å². The Balaban J connectivity index is 2.35. The summed E-state index contributed by atoms with van der Waals surface area (Å²) in [4.78, 5) is 12.7. The second-order valence-electron chi connectivity index (χ2n) is 7.42. The van der Waals surface area contributed by atoms with E-state index in [1.165, 1.54) is 0 Å². The Labute approximate surface area is 170 Å². The molecule has 0 fully saturated rings. The fourth-order valence-corrected chi connectivity index (χ4v) is 3.31. The average Bonchev–Trinajstić information content (AvgIpc) is 2.56. The minimum Gasteiger partial charge on any atom is -0.495 e. The Kier molecular flexibility index (Phi) is 7.01. The molecule has 2 aromatic carbocycles. The molecule has 2 aromatic rings. The summed E-state index contributed by atoms with van der Waals surface area (Å²) in [5.74, 6) is 0.821. The molecular formula is C21H23Cl3O2. The lowest BCUT2D eigenvalue weighted by atomic mass is 9.80. The maximum atomic E-state index is 12.7. The second kappa shape index (κ2) is 8.65. The lowest BCUT2D eigenvalue weighted by Gasteiger charge is -2.23. The van der Waals surface area contributed by atoms with Gasteiger partial charge in [-0.2, -0.15) is 0 Å². The Hall–Kier alpha value is -1.22. The van der Waals surface area contributed by atoms with Gasteiger partial charge >= 0.3 is 0 Å². The highest BCUT2D eigenvalue weighted by Crippen LogP contribution is 2.34. The fourth-order valence-electron chi connectivity index (χ4n) is 2.73. The van der Waals surface area contributed by atoms with Crippen LogP contribution in [0.3, 0.4) is 0 Å². The summed E-state index contributed by atoms with van der Waals surface area (Å²) in [6.45, 7) is 5.81. The molecule has 0 aliphatic rings. The van der Waals surface area contributed by atoms with Crippen molar-refractivity contribution >= 4 is 40.6 Å². The summed E-state index contributed by atoms with van der Waals surface area (Å²) in [6, 6.07) is 11.2. The zero-order valence-corrected chi connectivity index (χ0v) is 17.7. The summed E-state index contributed by atoms with van der Waals surface area (Å²) in [5, 5.41) is 1.55. The van der Waals surface area contributed by atoms with Crippen molar-refractivity contribution in [1.29, 1.82) is 0 Å². The molecule has 0 bridgehead atoms. The molecule has 0 spiro atoms. The lowest BCUT2D eigenvalue weighted by molar-refractivity contribution is -0.126. The van der Waals surface area contributed by atoms with Gasteiger partial charge in [0.25, 0.3) is 0 Å². The number of ketones is 1. The number of hydrogen-bond donors (Lipinski definition) is 0. The van der Waals surface area contributed by atoms with E-state index in [-0.39, 0.29) is 11.7 Å². The first-order chi connectivity index (χ1) is 12.1. The van der Waals surface area contributed by atoms with Gasteiger partial charge in [-0.25, -0.2) is 0 Å². The van der Waals surface area contributed by atoms with Crippen LogP contribution in [0.5, 0.6) is 5.75 Å². The van der Waals surface area contributed by atoms with Crippen molar-refractivity contribution in [2.45, 2.75) is 39.5 Å². The standard InChI is InChI=1S/C21H23Cl3O2/c1-21(2,3)20(25)12-15(14-6-7-16(22)17(23)11-14)9-13-5-8-19(26-4)18(24)10-13/h5-8,10-11,15H,9,12H2,1-4H3. The van der Waals surface area contributed by atoms with E-state index in [1.54, 1.807) is 13.2 Å². The van der Waals surface area contributed by atoms with E-state index in [1.807, 2.05) is 51.1 Å². The Morgan fingerprint density at radius 1 is 1.00 bits per heavy atom. The molecule has 0 N–H and O–H groups in total. The van der Waals surface area contributed by atoms with Crippen molar-refractivity contribution in [3.8, 4) is 5.75 Å². The van der Waals surface area contributed by atoms with Gasteiger partial charge in [-0.3, -0.25) is 4.79 Å². The van der Waals surface area contributed by atoms with Crippen molar-refractivity contribution in [1.82, 2.24) is 0 Å². The van der Waals surface area contributed by atoms with Crippen LogP contribution >= 0.6 is 34.8 Å². The summed E-state index contributed by atoms with van der Waals surface area (Å²) in [7, 11) is 1.58. The Morgan fingerprint density at radius 3 is 2.23 bits per heavy atom. The van der Waals surface area contributed by atoms with Crippen molar-refractivity contribution in [3.05, 3.63) is 62.6 Å². The molecule has 2 rings (SSSR count). The minimum absolute atomic E-state index is 0.0130. The highest BCUT2D eigenvalue weighted by atomic mass is 35.5. The Bertz CT molecular complexity index is 794. The van der Waals surface area contributed by atoms with E-state index in [2.05, 4.69) is 0 Å². The molecular weight excluding hydrogens is 391 g/mol. The van der Waals surface area contributed by atoms with Crippen molar-refractivity contribution in [2.75, 3.05) is 7.11 Å². The quantitative estimate of drug-likeness (QED) is 0.510. The Morgan fingerprint density at radius 2 is 1.69 bits per heavy atom. The number of ether oxygens (including phenoxy) is 1. The van der Waals surface area contributed by atoms with E-state index in [0.29, 0.717) is 33.7 Å². The predicted octanol–water partition coefficient (Wildman–Crippen LogP) is 6.99. The first kappa shape index (κ1) is 21.1. The van der Waals surface area contributed by atoms with Gasteiger partial charge in [-0.15, -0.1) is 0 Å². The third-order valence-electron chi connectivity index (χ3n) is 4.38. The van der Waals surface area contributed by atoms with Crippen LogP contribution in [0.2, 0.25) is 15.1 Å². The predicted molar refractivity (Wildman–Crippen MR) is 110 cm³/mol. The second-order valence-corrected chi connectivity index (χ2v) is 8.64. The first-order valence-corrected chi connectivity index (χ1v) is 9.56. The van der Waals surface area contributed by atoms with E-state index < -0.39 is 5.41 Å². The van der Waals surface area contributed by atoms with Crippen LogP contribution in [-0.2, 0) is 11.2 Å². The number of Topliss-reactive ketones (excluding diaryl/α,β-unsaturated/α-hetero) is 1. The molecule has 2 nitrogen and oxygen atoms in total. The summed E-state index contributed by atoms with van der Waals surface area (Å²) in [6.07, 6.45) is 1.09. The molecule has 0 aliphatic heterocycles. The van der Waals surface area contributed by atoms with Gasteiger partial charge in [0.15, 0.2) is 0 Å². The fraction of sp³-hybridized carbons (Fsp3) is 0.381. The van der Waals surface area contributed by atoms with Crippen molar-refractivity contribution in [3.63, 3.8) is 0 Å². The summed E-state index contributed by atoms with van der Waals surface area (Å²) < 4.78 is 5.21. The maximum absolute atomic E-state index is 12.7. The van der Waals surface area contributed by atoms with Gasteiger partial charge in [-0.05, 0) is 47.7 Å². The van der Waals surface area contributed by atoms with Crippen molar-refractivity contribution < 1.29 is 9.53 Å². The van der Waals surface area contributed by atoms with Crippen LogP contribution in [0.25, 0.3) is 0 Å². The monoisotopic (exact) mass is 412 g/mol. The van der Waals surface area contributed by atoms with E-state index >= 15 is 0 Å². The molecule has 1 unspecified atom stereocenters. The molecule has 140 valence electrons. The number of hydrogen-bond acceptors (Lipinski definition) is 2. The van der Waals surface area contributed by atoms with Gasteiger partial charge in [0.05, 0.1) is 22.2 Å². The molecule has 1 atom stereocenters. The van der Waals surface area contributed by atoms with Gasteiger partial charge in [0, 0.05) is 11.8 Å². The number of rotatable bonds is 6. The average molecular weight is 414 g/mol. The highest BCUT2D eigenvalue weighted by molar-refractivity contribution is 6.42. The molecule has 26 heavy (non-hydrogen) atoms. The number of halogens is 3. The molecule has 0 amide bonds. The van der Waals surface area contributed by atoms with Gasteiger partial charge in [0.2, 0.25) is 0 Å². The van der Waals surface area contributed by atoms with Crippen LogP contribution in [0.15, 0.2) is 36.4 Å². The number of benzene rings is 2. The molecule has 5 heteroatoms. The maximum Gasteiger partial charge on any atom is 0.138 e. The highest BCUT2D eigenvalue weighted by Gasteiger charge is 2.26. The van der Waals surface area contributed by atoms with Gasteiger partial charge in [-0.1, -0.05) is 67.7 Å². The first-order valence-electron chi connectivity index (χ1n) is 8.42. The van der Waals surface area contributed by atoms with Crippen LogP contribution < -0.4 is 4.74 Å². The normalized spacial score (nSPS) is 12.7. The molecule has 0 saturated carbocycles.